The molecule has 1 aromatic heterocycles. The molecule has 21 heavy (non-hydrogen) atoms. The fourth-order valence-electron chi connectivity index (χ4n) is 1.83. The number of hydrogen-bond donors (Lipinski definition) is 1. The summed E-state index contributed by atoms with van der Waals surface area (Å²) in [6.07, 6.45) is 1.52. The van der Waals surface area contributed by atoms with Gasteiger partial charge in [-0.15, -0.1) is 0 Å². The molecule has 2 amide bonds. The van der Waals surface area contributed by atoms with Crippen LogP contribution in [0.4, 0.5) is 10.5 Å². The average molecular weight is 366 g/mol. The third-order valence-electron chi connectivity index (χ3n) is 2.77. The molecule has 0 saturated carbocycles. The van der Waals surface area contributed by atoms with Crippen LogP contribution in [0, 0.1) is 0 Å². The largest absolute Gasteiger partial charge is 0.508 e. The predicted octanol–water partition coefficient (Wildman–Crippen LogP) is 3.99. The Morgan fingerprint density at radius 3 is 2.48 bits per heavy atom. The lowest BCUT2D eigenvalue weighted by Gasteiger charge is -2.11. The fraction of sp³-hybridized carbons (Fsp3) is 0. The van der Waals surface area contributed by atoms with E-state index >= 15 is 0 Å². The maximum atomic E-state index is 12.3. The van der Waals surface area contributed by atoms with Gasteiger partial charge in [0.25, 0.3) is 11.1 Å². The summed E-state index contributed by atoms with van der Waals surface area (Å²) in [5.74, 6) is 0.142. The number of rotatable bonds is 2. The number of furan rings is 1. The van der Waals surface area contributed by atoms with Crippen LogP contribution in [0.25, 0.3) is 6.08 Å². The summed E-state index contributed by atoms with van der Waals surface area (Å²) in [6.45, 7) is 0. The summed E-state index contributed by atoms with van der Waals surface area (Å²) in [5.41, 5.74) is 0.416. The van der Waals surface area contributed by atoms with Gasteiger partial charge in [0.15, 0.2) is 4.67 Å². The first-order chi connectivity index (χ1) is 10.0. The topological polar surface area (TPSA) is 70.8 Å². The zero-order valence-electron chi connectivity index (χ0n) is 10.4. The number of benzene rings is 1. The van der Waals surface area contributed by atoms with Gasteiger partial charge >= 0.3 is 0 Å². The molecular formula is C14H8BrNO4S. The molecule has 106 valence electrons. The smallest absolute Gasteiger partial charge is 0.298 e. The molecule has 1 saturated heterocycles. The second-order valence-electron chi connectivity index (χ2n) is 4.18. The van der Waals surface area contributed by atoms with Gasteiger partial charge in [-0.3, -0.25) is 9.59 Å². The van der Waals surface area contributed by atoms with Gasteiger partial charge in [-0.1, -0.05) is 0 Å². The van der Waals surface area contributed by atoms with Crippen molar-refractivity contribution < 1.29 is 19.1 Å². The number of aromatic hydroxyl groups is 1. The summed E-state index contributed by atoms with van der Waals surface area (Å²) >= 11 is 4.02. The lowest BCUT2D eigenvalue weighted by Crippen LogP contribution is -2.27. The fourth-order valence-corrected chi connectivity index (χ4v) is 2.97. The summed E-state index contributed by atoms with van der Waals surface area (Å²) in [4.78, 5) is 25.7. The zero-order valence-corrected chi connectivity index (χ0v) is 12.8. The van der Waals surface area contributed by atoms with Crippen molar-refractivity contribution in [2.45, 2.75) is 0 Å². The molecule has 1 aliphatic heterocycles. The van der Waals surface area contributed by atoms with Crippen LogP contribution < -0.4 is 4.90 Å². The molecule has 3 rings (SSSR count). The van der Waals surface area contributed by atoms with E-state index in [-0.39, 0.29) is 15.9 Å². The quantitative estimate of drug-likeness (QED) is 0.814. The Labute approximate surface area is 132 Å². The van der Waals surface area contributed by atoms with Crippen molar-refractivity contribution in [2.75, 3.05) is 4.90 Å². The van der Waals surface area contributed by atoms with E-state index in [9.17, 15) is 14.7 Å². The lowest BCUT2D eigenvalue weighted by molar-refractivity contribution is -0.113. The Morgan fingerprint density at radius 1 is 1.14 bits per heavy atom. The minimum absolute atomic E-state index is 0.0710. The van der Waals surface area contributed by atoms with Crippen molar-refractivity contribution in [3.8, 4) is 5.75 Å². The van der Waals surface area contributed by atoms with Crippen LogP contribution in [0.5, 0.6) is 5.75 Å². The molecule has 1 fully saturated rings. The standard InChI is InChI=1S/C14H8BrNO4S/c15-12-6-5-10(20-12)7-11-13(18)16(14(19)21-11)8-1-3-9(17)4-2-8/h1-7,17H/b11-7+. The summed E-state index contributed by atoms with van der Waals surface area (Å²) in [6, 6.07) is 9.27. The third-order valence-corrected chi connectivity index (χ3v) is 4.06. The number of amides is 2. The highest BCUT2D eigenvalue weighted by atomic mass is 79.9. The molecule has 7 heteroatoms. The van der Waals surface area contributed by atoms with Crippen molar-refractivity contribution in [1.29, 1.82) is 0 Å². The highest BCUT2D eigenvalue weighted by Crippen LogP contribution is 2.36. The highest BCUT2D eigenvalue weighted by Gasteiger charge is 2.36. The van der Waals surface area contributed by atoms with Gasteiger partial charge in [-0.25, -0.2) is 4.90 Å². The van der Waals surface area contributed by atoms with E-state index in [0.717, 1.165) is 16.7 Å². The molecule has 0 unspecified atom stereocenters. The molecule has 0 aliphatic carbocycles. The number of imide groups is 1. The number of carbonyl (C=O) groups is 2. The van der Waals surface area contributed by atoms with E-state index in [1.54, 1.807) is 12.1 Å². The Kier molecular flexibility index (Phi) is 3.60. The van der Waals surface area contributed by atoms with Crippen LogP contribution >= 0.6 is 27.7 Å². The predicted molar refractivity (Wildman–Crippen MR) is 83.0 cm³/mol. The molecule has 5 nitrogen and oxygen atoms in total. The van der Waals surface area contributed by atoms with Crippen LogP contribution in [-0.2, 0) is 4.79 Å². The Hall–Kier alpha value is -1.99. The van der Waals surface area contributed by atoms with E-state index in [4.69, 9.17) is 4.42 Å². The van der Waals surface area contributed by atoms with Crippen LogP contribution in [0.2, 0.25) is 0 Å². The highest BCUT2D eigenvalue weighted by molar-refractivity contribution is 9.10. The molecule has 0 radical (unpaired) electrons. The minimum Gasteiger partial charge on any atom is -0.508 e. The van der Waals surface area contributed by atoms with E-state index in [1.165, 1.54) is 30.3 Å². The van der Waals surface area contributed by atoms with E-state index in [2.05, 4.69) is 15.9 Å². The van der Waals surface area contributed by atoms with Crippen molar-refractivity contribution in [1.82, 2.24) is 0 Å². The molecule has 1 aliphatic rings. The van der Waals surface area contributed by atoms with Crippen LogP contribution in [0.15, 0.2) is 50.4 Å². The number of thioether (sulfide) groups is 1. The Balaban J connectivity index is 1.92. The molecule has 2 heterocycles. The normalized spacial score (nSPS) is 17.0. The van der Waals surface area contributed by atoms with Crippen LogP contribution in [0.1, 0.15) is 5.76 Å². The number of anilines is 1. The van der Waals surface area contributed by atoms with Crippen molar-refractivity contribution >= 4 is 50.6 Å². The van der Waals surface area contributed by atoms with Crippen LogP contribution in [-0.4, -0.2) is 16.3 Å². The maximum Gasteiger partial charge on any atom is 0.298 e. The molecular weight excluding hydrogens is 358 g/mol. The van der Waals surface area contributed by atoms with Gasteiger partial charge in [0.2, 0.25) is 0 Å². The minimum atomic E-state index is -0.414. The number of phenols is 1. The van der Waals surface area contributed by atoms with Gasteiger partial charge < -0.3 is 9.52 Å². The number of nitrogens with zero attached hydrogens (tertiary/aromatic N) is 1. The zero-order chi connectivity index (χ0) is 15.0. The van der Waals surface area contributed by atoms with E-state index in [1.807, 2.05) is 0 Å². The molecule has 0 spiro atoms. The molecule has 0 bridgehead atoms. The summed E-state index contributed by atoms with van der Waals surface area (Å²) in [5, 5.41) is 8.87. The molecule has 2 aromatic rings. The number of halogens is 1. The van der Waals surface area contributed by atoms with E-state index in [0.29, 0.717) is 16.1 Å². The summed E-state index contributed by atoms with van der Waals surface area (Å²) in [7, 11) is 0. The molecule has 1 aromatic carbocycles. The average Bonchev–Trinajstić information content (AvgIpc) is 2.96. The van der Waals surface area contributed by atoms with Crippen LogP contribution in [0.3, 0.4) is 0 Å². The first kappa shape index (κ1) is 14.0. The van der Waals surface area contributed by atoms with Gasteiger partial charge in [-0.2, -0.15) is 0 Å². The number of hydrogen-bond acceptors (Lipinski definition) is 5. The first-order valence-corrected chi connectivity index (χ1v) is 7.48. The maximum absolute atomic E-state index is 12.3. The molecule has 0 atom stereocenters. The first-order valence-electron chi connectivity index (χ1n) is 5.87. The SMILES string of the molecule is O=C1S/C(=C/c2ccc(Br)o2)C(=O)N1c1ccc(O)cc1. The van der Waals surface area contributed by atoms with Gasteiger partial charge in [-0.05, 0) is 64.1 Å². The second kappa shape index (κ2) is 5.42. The van der Waals surface area contributed by atoms with Gasteiger partial charge in [0, 0.05) is 6.08 Å². The van der Waals surface area contributed by atoms with Gasteiger partial charge in [0.1, 0.15) is 11.5 Å². The molecule has 1 N–H and O–H groups in total. The van der Waals surface area contributed by atoms with Crippen molar-refractivity contribution in [3.63, 3.8) is 0 Å². The lowest BCUT2D eigenvalue weighted by atomic mass is 10.2. The number of phenolic OH excluding ortho intramolecular Hbond substituents is 1. The second-order valence-corrected chi connectivity index (χ2v) is 5.95. The monoisotopic (exact) mass is 365 g/mol. The Morgan fingerprint density at radius 2 is 1.86 bits per heavy atom. The van der Waals surface area contributed by atoms with Gasteiger partial charge in [0.05, 0.1) is 10.6 Å². The Bertz CT molecular complexity index is 751. The third kappa shape index (κ3) is 2.74. The summed E-state index contributed by atoms with van der Waals surface area (Å²) < 4.78 is 5.85. The van der Waals surface area contributed by atoms with Crippen molar-refractivity contribution in [3.05, 3.63) is 51.7 Å². The number of carbonyl (C=O) groups excluding carboxylic acids is 2. The van der Waals surface area contributed by atoms with Crippen molar-refractivity contribution in [2.24, 2.45) is 0 Å². The van der Waals surface area contributed by atoms with E-state index < -0.39 is 5.91 Å².